The minimum absolute atomic E-state index is 0.188. The second-order valence-corrected chi connectivity index (χ2v) is 4.56. The molecule has 19 heavy (non-hydrogen) atoms. The molecule has 1 unspecified atom stereocenters. The average molecular weight is 265 g/mol. The molecule has 1 aromatic carbocycles. The summed E-state index contributed by atoms with van der Waals surface area (Å²) in [5, 5.41) is 15.1. The molecule has 0 aromatic heterocycles. The second kappa shape index (κ2) is 7.63. The van der Waals surface area contributed by atoms with Gasteiger partial charge in [0.15, 0.2) is 0 Å². The van der Waals surface area contributed by atoms with Crippen LogP contribution >= 0.6 is 0 Å². The molecular formula is C14H23N3O2. The molecule has 1 rings (SSSR count). The van der Waals surface area contributed by atoms with Crippen LogP contribution in [0, 0.1) is 0 Å². The number of nitrogens with zero attached hydrogens (tertiary/aromatic N) is 1. The number of hydrogen-bond acceptors (Lipinski definition) is 4. The summed E-state index contributed by atoms with van der Waals surface area (Å²) >= 11 is 0. The lowest BCUT2D eigenvalue weighted by Crippen LogP contribution is -2.34. The Balaban J connectivity index is 2.62. The molecule has 0 spiro atoms. The first-order valence-corrected chi connectivity index (χ1v) is 6.47. The Kier molecular flexibility index (Phi) is 6.15. The third-order valence-electron chi connectivity index (χ3n) is 3.18. The molecule has 0 amide bonds. The number of nitrogens with one attached hydrogen (secondary N) is 1. The van der Waals surface area contributed by atoms with Crippen molar-refractivity contribution in [1.29, 1.82) is 0 Å². The lowest BCUT2D eigenvalue weighted by molar-refractivity contribution is 0.315. The molecule has 0 bridgehead atoms. The Morgan fingerprint density at radius 2 is 2.05 bits per heavy atom. The van der Waals surface area contributed by atoms with Crippen LogP contribution in [-0.2, 0) is 0 Å². The van der Waals surface area contributed by atoms with E-state index in [4.69, 9.17) is 15.7 Å². The van der Waals surface area contributed by atoms with Crippen molar-refractivity contribution in [3.63, 3.8) is 0 Å². The summed E-state index contributed by atoms with van der Waals surface area (Å²) in [6.07, 6.45) is 1.45. The van der Waals surface area contributed by atoms with E-state index in [2.05, 4.69) is 24.3 Å². The van der Waals surface area contributed by atoms with Crippen LogP contribution in [0.25, 0.3) is 0 Å². The van der Waals surface area contributed by atoms with Crippen molar-refractivity contribution in [1.82, 2.24) is 5.32 Å². The van der Waals surface area contributed by atoms with Crippen LogP contribution in [0.3, 0.4) is 0 Å². The molecule has 0 saturated heterocycles. The normalized spacial score (nSPS) is 15.0. The molecule has 5 nitrogen and oxygen atoms in total. The van der Waals surface area contributed by atoms with Crippen molar-refractivity contribution in [2.75, 3.05) is 7.11 Å². The summed E-state index contributed by atoms with van der Waals surface area (Å²) in [6.45, 7) is 4.17. The summed E-state index contributed by atoms with van der Waals surface area (Å²) < 4.78 is 5.14. The zero-order chi connectivity index (χ0) is 14.3. The number of oxime groups is 1. The first-order valence-electron chi connectivity index (χ1n) is 6.47. The smallest absolute Gasteiger partial charge is 0.140 e. The van der Waals surface area contributed by atoms with E-state index in [0.29, 0.717) is 6.42 Å². The zero-order valence-corrected chi connectivity index (χ0v) is 11.8. The van der Waals surface area contributed by atoms with Crippen LogP contribution in [0.5, 0.6) is 5.75 Å². The van der Waals surface area contributed by atoms with Gasteiger partial charge in [0.05, 0.1) is 7.11 Å². The van der Waals surface area contributed by atoms with Crippen LogP contribution in [0.4, 0.5) is 0 Å². The fourth-order valence-electron chi connectivity index (χ4n) is 1.96. The molecule has 2 atom stereocenters. The molecule has 106 valence electrons. The summed E-state index contributed by atoms with van der Waals surface area (Å²) in [6, 6.07) is 8.34. The fourth-order valence-corrected chi connectivity index (χ4v) is 1.96. The van der Waals surface area contributed by atoms with Gasteiger partial charge in [-0.05, 0) is 31.0 Å². The third kappa shape index (κ3) is 4.79. The lowest BCUT2D eigenvalue weighted by atomic mass is 10.0. The standard InChI is InChI=1S/C14H23N3O2/c1-4-12(9-14(15)17-18)16-10(2)11-5-7-13(19-3)8-6-11/h5-8,10,12,16,18H,4,9H2,1-3H3,(H2,15,17)/t10-,12?/m1/s1. The number of amidine groups is 1. The molecule has 4 N–H and O–H groups in total. The number of benzene rings is 1. The van der Waals surface area contributed by atoms with Crippen molar-refractivity contribution >= 4 is 5.84 Å². The lowest BCUT2D eigenvalue weighted by Gasteiger charge is -2.22. The molecule has 0 fully saturated rings. The molecular weight excluding hydrogens is 242 g/mol. The quantitative estimate of drug-likeness (QED) is 0.306. The minimum Gasteiger partial charge on any atom is -0.497 e. The van der Waals surface area contributed by atoms with Gasteiger partial charge in [-0.3, -0.25) is 0 Å². The van der Waals surface area contributed by atoms with Gasteiger partial charge >= 0.3 is 0 Å². The van der Waals surface area contributed by atoms with Crippen molar-refractivity contribution in [3.8, 4) is 5.75 Å². The van der Waals surface area contributed by atoms with Crippen LogP contribution in [-0.4, -0.2) is 24.2 Å². The molecule has 0 heterocycles. The second-order valence-electron chi connectivity index (χ2n) is 4.56. The molecule has 0 saturated carbocycles. The van der Waals surface area contributed by atoms with Gasteiger partial charge in [0.1, 0.15) is 11.6 Å². The van der Waals surface area contributed by atoms with Crippen LogP contribution < -0.4 is 15.8 Å². The van der Waals surface area contributed by atoms with Crippen LogP contribution in [0.2, 0.25) is 0 Å². The summed E-state index contributed by atoms with van der Waals surface area (Å²) in [5.74, 6) is 1.10. The SMILES string of the molecule is CCC(C/C(N)=N/O)N[C@H](C)c1ccc(OC)cc1. The minimum atomic E-state index is 0.188. The Labute approximate surface area is 114 Å². The van der Waals surface area contributed by atoms with Gasteiger partial charge in [0.25, 0.3) is 0 Å². The predicted molar refractivity (Wildman–Crippen MR) is 76.6 cm³/mol. The first-order chi connectivity index (χ1) is 9.10. The van der Waals surface area contributed by atoms with Gasteiger partial charge in [-0.1, -0.05) is 24.2 Å². The van der Waals surface area contributed by atoms with E-state index < -0.39 is 0 Å². The zero-order valence-electron chi connectivity index (χ0n) is 11.8. The Morgan fingerprint density at radius 1 is 1.42 bits per heavy atom. The maximum atomic E-state index is 8.61. The summed E-state index contributed by atoms with van der Waals surface area (Å²) in [7, 11) is 1.65. The Hall–Kier alpha value is -1.75. The largest absolute Gasteiger partial charge is 0.497 e. The van der Waals surface area contributed by atoms with E-state index in [1.807, 2.05) is 24.3 Å². The van der Waals surface area contributed by atoms with Gasteiger partial charge in [0.2, 0.25) is 0 Å². The van der Waals surface area contributed by atoms with Gasteiger partial charge in [-0.25, -0.2) is 0 Å². The van der Waals surface area contributed by atoms with Crippen molar-refractivity contribution in [3.05, 3.63) is 29.8 Å². The van der Waals surface area contributed by atoms with E-state index in [1.54, 1.807) is 7.11 Å². The highest BCUT2D eigenvalue weighted by Gasteiger charge is 2.13. The van der Waals surface area contributed by atoms with E-state index in [0.717, 1.165) is 12.2 Å². The average Bonchev–Trinajstić information content (AvgIpc) is 2.46. The Bertz CT molecular complexity index is 404. The summed E-state index contributed by atoms with van der Waals surface area (Å²) in [4.78, 5) is 0. The number of methoxy groups -OCH3 is 1. The topological polar surface area (TPSA) is 79.9 Å². The highest BCUT2D eigenvalue weighted by molar-refractivity contribution is 5.80. The monoisotopic (exact) mass is 265 g/mol. The molecule has 0 aliphatic rings. The summed E-state index contributed by atoms with van der Waals surface area (Å²) in [5.41, 5.74) is 6.72. The number of ether oxygens (including phenoxy) is 1. The fraction of sp³-hybridized carbons (Fsp3) is 0.500. The molecule has 0 aliphatic carbocycles. The number of hydrogen-bond donors (Lipinski definition) is 3. The van der Waals surface area contributed by atoms with E-state index in [9.17, 15) is 0 Å². The third-order valence-corrected chi connectivity index (χ3v) is 3.18. The maximum absolute atomic E-state index is 8.61. The van der Waals surface area contributed by atoms with Crippen molar-refractivity contribution < 1.29 is 9.94 Å². The van der Waals surface area contributed by atoms with Gasteiger partial charge in [-0.15, -0.1) is 0 Å². The van der Waals surface area contributed by atoms with Gasteiger partial charge < -0.3 is 21.0 Å². The maximum Gasteiger partial charge on any atom is 0.140 e. The first kappa shape index (κ1) is 15.3. The van der Waals surface area contributed by atoms with E-state index in [1.165, 1.54) is 5.56 Å². The molecule has 0 radical (unpaired) electrons. The van der Waals surface area contributed by atoms with Crippen molar-refractivity contribution in [2.45, 2.75) is 38.8 Å². The van der Waals surface area contributed by atoms with Gasteiger partial charge in [0, 0.05) is 18.5 Å². The number of nitrogens with two attached hydrogens (primary N) is 1. The number of rotatable bonds is 7. The van der Waals surface area contributed by atoms with Crippen molar-refractivity contribution in [2.24, 2.45) is 10.9 Å². The highest BCUT2D eigenvalue weighted by Crippen LogP contribution is 2.18. The molecule has 5 heteroatoms. The predicted octanol–water partition coefficient (Wildman–Crippen LogP) is 2.26. The molecule has 1 aromatic rings. The van der Waals surface area contributed by atoms with Gasteiger partial charge in [-0.2, -0.15) is 0 Å². The highest BCUT2D eigenvalue weighted by atomic mass is 16.5. The van der Waals surface area contributed by atoms with Crippen LogP contribution in [0.15, 0.2) is 29.4 Å². The van der Waals surface area contributed by atoms with E-state index >= 15 is 0 Å². The Morgan fingerprint density at radius 3 is 2.53 bits per heavy atom. The van der Waals surface area contributed by atoms with E-state index in [-0.39, 0.29) is 17.9 Å². The molecule has 0 aliphatic heterocycles. The van der Waals surface area contributed by atoms with Crippen LogP contribution in [0.1, 0.15) is 38.3 Å².